The van der Waals surface area contributed by atoms with Crippen LogP contribution < -0.4 is 0 Å². The zero-order valence-electron chi connectivity index (χ0n) is 18.4. The smallest absolute Gasteiger partial charge is 0.0955 e. The highest BCUT2D eigenvalue weighted by atomic mass is 16.5. The Morgan fingerprint density at radius 1 is 0.531 bits per heavy atom. The summed E-state index contributed by atoms with van der Waals surface area (Å²) in [7, 11) is 0. The maximum atomic E-state index is 6.24. The quantitative estimate of drug-likeness (QED) is 0.286. The minimum Gasteiger partial charge on any atom is -0.370 e. The molecule has 1 nitrogen and oxygen atoms in total. The summed E-state index contributed by atoms with van der Waals surface area (Å²) >= 11 is 0. The molecule has 0 aliphatic rings. The average molecular weight is 417 g/mol. The van der Waals surface area contributed by atoms with Crippen LogP contribution in [-0.2, 0) is 4.74 Å². The third kappa shape index (κ3) is 5.51. The van der Waals surface area contributed by atoms with Crippen LogP contribution in [0.25, 0.3) is 11.1 Å². The van der Waals surface area contributed by atoms with Crippen LogP contribution in [0.3, 0.4) is 0 Å². The van der Waals surface area contributed by atoms with Gasteiger partial charge < -0.3 is 4.74 Å². The van der Waals surface area contributed by atoms with Gasteiger partial charge in [-0.3, -0.25) is 0 Å². The van der Waals surface area contributed by atoms with Crippen LogP contribution in [0.15, 0.2) is 133 Å². The summed E-state index contributed by atoms with van der Waals surface area (Å²) in [6.45, 7) is 2.68. The lowest BCUT2D eigenvalue weighted by Crippen LogP contribution is -2.09. The van der Waals surface area contributed by atoms with E-state index in [0.29, 0.717) is 6.61 Å². The summed E-state index contributed by atoms with van der Waals surface area (Å²) in [6, 6.07) is 42.1. The van der Waals surface area contributed by atoms with Gasteiger partial charge in [-0.2, -0.15) is 0 Å². The Hall–Kier alpha value is -3.68. The Balaban J connectivity index is 1.84. The summed E-state index contributed by atoms with van der Waals surface area (Å²) in [5, 5.41) is 0. The molecule has 0 radical (unpaired) electrons. The summed E-state index contributed by atoms with van der Waals surface area (Å²) in [5.74, 6) is 0. The van der Waals surface area contributed by atoms with E-state index in [0.717, 1.165) is 0 Å². The van der Waals surface area contributed by atoms with Gasteiger partial charge in [0.05, 0.1) is 6.10 Å². The second-order valence-electron chi connectivity index (χ2n) is 7.54. The van der Waals surface area contributed by atoms with Gasteiger partial charge in [0.1, 0.15) is 0 Å². The first kappa shape index (κ1) is 21.5. The molecule has 4 rings (SSSR count). The van der Waals surface area contributed by atoms with Gasteiger partial charge in [-0.05, 0) is 52.5 Å². The Kier molecular flexibility index (Phi) is 7.46. The van der Waals surface area contributed by atoms with Gasteiger partial charge in [0.2, 0.25) is 0 Å². The van der Waals surface area contributed by atoms with Crippen LogP contribution in [0.1, 0.15) is 29.2 Å². The standard InChI is InChI=1S/C31H28O/c1-2-32-29(23-30(25-15-7-3-8-16-25)26-17-9-4-10-18-26)24-31(27-19-11-5-12-20-27)28-21-13-6-14-22-28/h3-24,29H,2H2,1H3. The van der Waals surface area contributed by atoms with Crippen molar-refractivity contribution >= 4 is 11.1 Å². The predicted molar refractivity (Wildman–Crippen MR) is 135 cm³/mol. The Labute approximate surface area is 191 Å². The van der Waals surface area contributed by atoms with Crippen LogP contribution in [0, 0.1) is 0 Å². The van der Waals surface area contributed by atoms with Crippen molar-refractivity contribution in [1.82, 2.24) is 0 Å². The van der Waals surface area contributed by atoms with Gasteiger partial charge in [0.15, 0.2) is 0 Å². The molecule has 0 N–H and O–H groups in total. The molecule has 4 aromatic carbocycles. The molecule has 0 heterocycles. The fourth-order valence-electron chi connectivity index (χ4n) is 3.85. The molecule has 0 amide bonds. The van der Waals surface area contributed by atoms with Gasteiger partial charge in [-0.15, -0.1) is 0 Å². The second-order valence-corrected chi connectivity index (χ2v) is 7.54. The van der Waals surface area contributed by atoms with Crippen LogP contribution >= 0.6 is 0 Å². The minimum atomic E-state index is -0.175. The van der Waals surface area contributed by atoms with E-state index in [1.807, 2.05) is 6.92 Å². The molecular formula is C31H28O. The molecule has 0 unspecified atom stereocenters. The molecule has 32 heavy (non-hydrogen) atoms. The van der Waals surface area contributed by atoms with E-state index in [2.05, 4.69) is 133 Å². The third-order valence-electron chi connectivity index (χ3n) is 5.36. The fraction of sp³-hybridized carbons (Fsp3) is 0.0968. The number of hydrogen-bond acceptors (Lipinski definition) is 1. The Morgan fingerprint density at radius 3 is 1.06 bits per heavy atom. The van der Waals surface area contributed by atoms with Crippen molar-refractivity contribution in [2.45, 2.75) is 13.0 Å². The summed E-state index contributed by atoms with van der Waals surface area (Å²) in [4.78, 5) is 0. The SMILES string of the molecule is CCOC(C=C(c1ccccc1)c1ccccc1)C=C(c1ccccc1)c1ccccc1. The first-order valence-electron chi connectivity index (χ1n) is 11.1. The second kappa shape index (κ2) is 11.1. The molecule has 0 bridgehead atoms. The maximum Gasteiger partial charge on any atom is 0.0955 e. The van der Waals surface area contributed by atoms with Crippen molar-refractivity contribution in [3.05, 3.63) is 156 Å². The molecule has 0 aromatic heterocycles. The fourth-order valence-corrected chi connectivity index (χ4v) is 3.85. The van der Waals surface area contributed by atoms with Gasteiger partial charge in [-0.25, -0.2) is 0 Å². The van der Waals surface area contributed by atoms with Gasteiger partial charge >= 0.3 is 0 Å². The number of hydrogen-bond donors (Lipinski definition) is 0. The molecule has 0 atom stereocenters. The van der Waals surface area contributed by atoms with Crippen molar-refractivity contribution in [2.75, 3.05) is 6.61 Å². The summed E-state index contributed by atoms with van der Waals surface area (Å²) in [6.07, 6.45) is 4.30. The lowest BCUT2D eigenvalue weighted by molar-refractivity contribution is 0.129. The lowest BCUT2D eigenvalue weighted by atomic mass is 9.93. The van der Waals surface area contributed by atoms with Gasteiger partial charge in [0.25, 0.3) is 0 Å². The Morgan fingerprint density at radius 2 is 0.812 bits per heavy atom. The summed E-state index contributed by atoms with van der Waals surface area (Å²) < 4.78 is 6.24. The lowest BCUT2D eigenvalue weighted by Gasteiger charge is -2.17. The highest BCUT2D eigenvalue weighted by Crippen LogP contribution is 2.28. The first-order chi connectivity index (χ1) is 15.8. The van der Waals surface area contributed by atoms with Gasteiger partial charge in [-0.1, -0.05) is 121 Å². The summed E-state index contributed by atoms with van der Waals surface area (Å²) in [5.41, 5.74) is 7.05. The van der Waals surface area contributed by atoms with E-state index < -0.39 is 0 Å². The van der Waals surface area contributed by atoms with Crippen molar-refractivity contribution in [2.24, 2.45) is 0 Å². The highest BCUT2D eigenvalue weighted by Gasteiger charge is 2.12. The number of ether oxygens (including phenoxy) is 1. The number of benzene rings is 4. The molecule has 0 fully saturated rings. The van der Waals surface area contributed by atoms with Crippen molar-refractivity contribution in [3.8, 4) is 0 Å². The van der Waals surface area contributed by atoms with Gasteiger partial charge in [0, 0.05) is 6.61 Å². The van der Waals surface area contributed by atoms with Crippen molar-refractivity contribution in [1.29, 1.82) is 0 Å². The van der Waals surface area contributed by atoms with Crippen molar-refractivity contribution in [3.63, 3.8) is 0 Å². The van der Waals surface area contributed by atoms with Crippen LogP contribution in [0.2, 0.25) is 0 Å². The zero-order chi connectivity index (χ0) is 22.0. The van der Waals surface area contributed by atoms with E-state index in [-0.39, 0.29) is 6.10 Å². The molecule has 158 valence electrons. The van der Waals surface area contributed by atoms with E-state index >= 15 is 0 Å². The van der Waals surface area contributed by atoms with Crippen molar-refractivity contribution < 1.29 is 4.74 Å². The first-order valence-corrected chi connectivity index (χ1v) is 11.1. The monoisotopic (exact) mass is 416 g/mol. The zero-order valence-corrected chi connectivity index (χ0v) is 18.4. The normalized spacial score (nSPS) is 10.6. The largest absolute Gasteiger partial charge is 0.370 e. The van der Waals surface area contributed by atoms with E-state index in [4.69, 9.17) is 4.74 Å². The molecular weight excluding hydrogens is 388 g/mol. The molecule has 1 heteroatoms. The molecule has 0 saturated heterocycles. The molecule has 4 aromatic rings. The average Bonchev–Trinajstić information content (AvgIpc) is 2.88. The molecule has 0 aliphatic carbocycles. The highest BCUT2D eigenvalue weighted by molar-refractivity contribution is 5.83. The molecule has 0 saturated carbocycles. The third-order valence-corrected chi connectivity index (χ3v) is 5.36. The Bertz CT molecular complexity index is 968. The topological polar surface area (TPSA) is 9.23 Å². The minimum absolute atomic E-state index is 0.175. The molecule has 0 spiro atoms. The molecule has 0 aliphatic heterocycles. The predicted octanol–water partition coefficient (Wildman–Crippen LogP) is 7.66. The van der Waals surface area contributed by atoms with Crippen LogP contribution in [0.5, 0.6) is 0 Å². The van der Waals surface area contributed by atoms with E-state index in [9.17, 15) is 0 Å². The van der Waals surface area contributed by atoms with E-state index in [1.54, 1.807) is 0 Å². The van der Waals surface area contributed by atoms with E-state index in [1.165, 1.54) is 33.4 Å². The number of rotatable bonds is 8. The maximum absolute atomic E-state index is 6.24. The van der Waals surface area contributed by atoms with Crippen LogP contribution in [-0.4, -0.2) is 12.7 Å². The van der Waals surface area contributed by atoms with Crippen LogP contribution in [0.4, 0.5) is 0 Å².